The second-order valence-corrected chi connectivity index (χ2v) is 4.06. The Hall–Kier alpha value is -0.900. The fraction of sp³-hybridized carbons (Fsp3) is 0.538. The van der Waals surface area contributed by atoms with Gasteiger partial charge in [-0.2, -0.15) is 0 Å². The molecule has 0 unspecified atom stereocenters. The van der Waals surface area contributed by atoms with Crippen molar-refractivity contribution in [2.24, 2.45) is 5.73 Å². The predicted molar refractivity (Wildman–Crippen MR) is 63.1 cm³/mol. The summed E-state index contributed by atoms with van der Waals surface area (Å²) in [5.41, 5.74) is 8.12. The van der Waals surface area contributed by atoms with Crippen molar-refractivity contribution in [2.75, 3.05) is 19.8 Å². The molecule has 0 bridgehead atoms. The van der Waals surface area contributed by atoms with Gasteiger partial charge < -0.3 is 15.2 Å². The average Bonchev–Trinajstić information content (AvgIpc) is 2.39. The third kappa shape index (κ3) is 2.12. The number of ether oxygens (including phenoxy) is 2. The zero-order valence-corrected chi connectivity index (χ0v) is 9.74. The predicted octanol–water partition coefficient (Wildman–Crippen LogP) is 1.80. The molecule has 2 rings (SSSR count). The Balaban J connectivity index is 2.24. The van der Waals surface area contributed by atoms with Crippen molar-refractivity contribution in [1.29, 1.82) is 0 Å². The molecule has 1 saturated heterocycles. The topological polar surface area (TPSA) is 44.5 Å². The molecule has 0 radical (unpaired) electrons. The number of aryl methyl sites for hydroxylation is 1. The van der Waals surface area contributed by atoms with Gasteiger partial charge in [-0.25, -0.2) is 0 Å². The highest BCUT2D eigenvalue weighted by Gasteiger charge is 2.35. The maximum absolute atomic E-state index is 5.79. The first-order valence-corrected chi connectivity index (χ1v) is 5.88. The van der Waals surface area contributed by atoms with Crippen molar-refractivity contribution in [3.8, 4) is 0 Å². The van der Waals surface area contributed by atoms with Crippen LogP contribution in [0, 0.1) is 0 Å². The number of benzene rings is 1. The van der Waals surface area contributed by atoms with Gasteiger partial charge in [-0.3, -0.25) is 0 Å². The van der Waals surface area contributed by atoms with Crippen LogP contribution in [0.5, 0.6) is 0 Å². The maximum atomic E-state index is 5.79. The van der Waals surface area contributed by atoms with Crippen LogP contribution in [0.4, 0.5) is 0 Å². The summed E-state index contributed by atoms with van der Waals surface area (Å²) in [6, 6.07) is 8.32. The van der Waals surface area contributed by atoms with Crippen LogP contribution in [-0.2, 0) is 21.7 Å². The van der Waals surface area contributed by atoms with Crippen LogP contribution in [-0.4, -0.2) is 19.8 Å². The fourth-order valence-electron chi connectivity index (χ4n) is 1.97. The van der Waals surface area contributed by atoms with Crippen molar-refractivity contribution in [3.63, 3.8) is 0 Å². The summed E-state index contributed by atoms with van der Waals surface area (Å²) >= 11 is 0. The minimum Gasteiger partial charge on any atom is -0.345 e. The van der Waals surface area contributed by atoms with Crippen LogP contribution in [0.3, 0.4) is 0 Å². The van der Waals surface area contributed by atoms with E-state index in [-0.39, 0.29) is 0 Å². The monoisotopic (exact) mass is 221 g/mol. The molecule has 1 aromatic rings. The minimum atomic E-state index is -0.718. The quantitative estimate of drug-likeness (QED) is 0.846. The normalized spacial score (nSPS) is 19.6. The Kier molecular flexibility index (Phi) is 3.59. The fourth-order valence-corrected chi connectivity index (χ4v) is 1.97. The van der Waals surface area contributed by atoms with E-state index in [0.29, 0.717) is 19.8 Å². The van der Waals surface area contributed by atoms with E-state index in [9.17, 15) is 0 Å². The van der Waals surface area contributed by atoms with Crippen molar-refractivity contribution >= 4 is 0 Å². The average molecular weight is 221 g/mol. The van der Waals surface area contributed by atoms with Crippen LogP contribution >= 0.6 is 0 Å². The molecule has 1 aliphatic heterocycles. The maximum Gasteiger partial charge on any atom is 0.207 e. The largest absolute Gasteiger partial charge is 0.345 e. The number of nitrogens with two attached hydrogens (primary N) is 1. The molecule has 16 heavy (non-hydrogen) atoms. The summed E-state index contributed by atoms with van der Waals surface area (Å²) < 4.78 is 11.5. The van der Waals surface area contributed by atoms with Gasteiger partial charge in [-0.15, -0.1) is 0 Å². The van der Waals surface area contributed by atoms with Gasteiger partial charge in [-0.1, -0.05) is 31.2 Å². The smallest absolute Gasteiger partial charge is 0.207 e. The van der Waals surface area contributed by atoms with Gasteiger partial charge in [0.05, 0.1) is 19.8 Å². The van der Waals surface area contributed by atoms with Gasteiger partial charge in [0.15, 0.2) is 0 Å². The molecule has 1 fully saturated rings. The van der Waals surface area contributed by atoms with E-state index in [0.717, 1.165) is 18.4 Å². The molecule has 0 aliphatic carbocycles. The molecule has 2 N–H and O–H groups in total. The van der Waals surface area contributed by atoms with Gasteiger partial charge in [0.1, 0.15) is 0 Å². The van der Waals surface area contributed by atoms with Crippen molar-refractivity contribution < 1.29 is 9.47 Å². The van der Waals surface area contributed by atoms with Gasteiger partial charge >= 0.3 is 0 Å². The van der Waals surface area contributed by atoms with Crippen molar-refractivity contribution in [1.82, 2.24) is 0 Å². The van der Waals surface area contributed by atoms with E-state index in [1.807, 2.05) is 0 Å². The third-order valence-corrected chi connectivity index (χ3v) is 3.03. The molecule has 0 atom stereocenters. The molecule has 88 valence electrons. The van der Waals surface area contributed by atoms with Crippen molar-refractivity contribution in [3.05, 3.63) is 35.4 Å². The van der Waals surface area contributed by atoms with Crippen LogP contribution in [0.25, 0.3) is 0 Å². The van der Waals surface area contributed by atoms with E-state index in [1.54, 1.807) is 0 Å². The molecular formula is C13H19NO2. The first-order chi connectivity index (χ1) is 7.80. The summed E-state index contributed by atoms with van der Waals surface area (Å²) in [6.07, 6.45) is 1.98. The summed E-state index contributed by atoms with van der Waals surface area (Å²) in [5, 5.41) is 0. The first-order valence-electron chi connectivity index (χ1n) is 5.88. The molecule has 3 heteroatoms. The Bertz CT molecular complexity index is 328. The number of hydrogen-bond acceptors (Lipinski definition) is 3. The lowest BCUT2D eigenvalue weighted by Crippen LogP contribution is -2.44. The van der Waals surface area contributed by atoms with E-state index in [2.05, 4.69) is 31.2 Å². The summed E-state index contributed by atoms with van der Waals surface area (Å²) in [5.74, 6) is -0.718. The Morgan fingerprint density at radius 2 is 1.81 bits per heavy atom. The van der Waals surface area contributed by atoms with Crippen LogP contribution in [0.15, 0.2) is 24.3 Å². The summed E-state index contributed by atoms with van der Waals surface area (Å²) in [6.45, 7) is 3.93. The Morgan fingerprint density at radius 1 is 1.19 bits per heavy atom. The highest BCUT2D eigenvalue weighted by molar-refractivity contribution is 5.26. The standard InChI is InChI=1S/C13H19NO2/c1-2-11-4-6-12(7-5-11)13(10-14)15-8-3-9-16-13/h4-7H,2-3,8-10,14H2,1H3. The third-order valence-electron chi connectivity index (χ3n) is 3.03. The summed E-state index contributed by atoms with van der Waals surface area (Å²) in [4.78, 5) is 0. The van der Waals surface area contributed by atoms with Gasteiger partial charge in [-0.05, 0) is 18.4 Å². The molecule has 1 heterocycles. The Labute approximate surface area is 96.5 Å². The second-order valence-electron chi connectivity index (χ2n) is 4.06. The molecule has 3 nitrogen and oxygen atoms in total. The van der Waals surface area contributed by atoms with Crippen LogP contribution in [0.2, 0.25) is 0 Å². The summed E-state index contributed by atoms with van der Waals surface area (Å²) in [7, 11) is 0. The van der Waals surface area contributed by atoms with E-state index < -0.39 is 5.79 Å². The van der Waals surface area contributed by atoms with Crippen LogP contribution in [0.1, 0.15) is 24.5 Å². The zero-order valence-electron chi connectivity index (χ0n) is 9.74. The lowest BCUT2D eigenvalue weighted by molar-refractivity contribution is -0.269. The lowest BCUT2D eigenvalue weighted by atomic mass is 10.0. The van der Waals surface area contributed by atoms with E-state index in [4.69, 9.17) is 15.2 Å². The lowest BCUT2D eigenvalue weighted by Gasteiger charge is -2.36. The molecule has 0 spiro atoms. The second kappa shape index (κ2) is 4.95. The highest BCUT2D eigenvalue weighted by atomic mass is 16.7. The number of hydrogen-bond donors (Lipinski definition) is 1. The molecular weight excluding hydrogens is 202 g/mol. The zero-order chi connectivity index (χ0) is 11.4. The molecule has 1 aromatic carbocycles. The SMILES string of the molecule is CCc1ccc(C2(CN)OCCCO2)cc1. The number of rotatable bonds is 3. The van der Waals surface area contributed by atoms with Crippen LogP contribution < -0.4 is 5.73 Å². The molecule has 0 saturated carbocycles. The molecule has 0 amide bonds. The van der Waals surface area contributed by atoms with E-state index in [1.165, 1.54) is 5.56 Å². The highest BCUT2D eigenvalue weighted by Crippen LogP contribution is 2.29. The van der Waals surface area contributed by atoms with Gasteiger partial charge in [0.25, 0.3) is 0 Å². The van der Waals surface area contributed by atoms with Gasteiger partial charge in [0.2, 0.25) is 5.79 Å². The van der Waals surface area contributed by atoms with Gasteiger partial charge in [0, 0.05) is 5.56 Å². The first kappa shape index (κ1) is 11.6. The molecule has 0 aromatic heterocycles. The molecule has 1 aliphatic rings. The Morgan fingerprint density at radius 3 is 2.31 bits per heavy atom. The minimum absolute atomic E-state index is 0.360. The van der Waals surface area contributed by atoms with E-state index >= 15 is 0 Å². The van der Waals surface area contributed by atoms with Crippen molar-refractivity contribution in [2.45, 2.75) is 25.6 Å².